The second-order valence-electron chi connectivity index (χ2n) is 5.70. The largest absolute Gasteiger partial charge is 0.496 e. The zero-order valence-corrected chi connectivity index (χ0v) is 16.1. The highest BCUT2D eigenvalue weighted by Crippen LogP contribution is 2.30. The quantitative estimate of drug-likeness (QED) is 0.707. The van der Waals surface area contributed by atoms with Gasteiger partial charge in [-0.2, -0.15) is 0 Å². The van der Waals surface area contributed by atoms with Crippen molar-refractivity contribution in [2.75, 3.05) is 14.2 Å². The van der Waals surface area contributed by atoms with Crippen LogP contribution in [0, 0.1) is 0 Å². The standard InChI is InChI=1S/C19H21Cl2NO3/c1-12(15-7-5-6-8-18(15)24-4)22(3)19(23)13(2)25-14-9-10-16(20)17(21)11-14/h5-13H,1-4H3. The van der Waals surface area contributed by atoms with Crippen molar-refractivity contribution in [3.63, 3.8) is 0 Å². The first-order valence-electron chi connectivity index (χ1n) is 7.86. The zero-order chi connectivity index (χ0) is 18.6. The van der Waals surface area contributed by atoms with E-state index in [1.165, 1.54) is 0 Å². The Balaban J connectivity index is 2.11. The highest BCUT2D eigenvalue weighted by molar-refractivity contribution is 6.42. The molecule has 2 atom stereocenters. The van der Waals surface area contributed by atoms with Crippen LogP contribution in [0.4, 0.5) is 0 Å². The second kappa shape index (κ2) is 8.45. The van der Waals surface area contributed by atoms with Gasteiger partial charge in [-0.15, -0.1) is 0 Å². The van der Waals surface area contributed by atoms with Crippen molar-refractivity contribution in [1.29, 1.82) is 0 Å². The lowest BCUT2D eigenvalue weighted by Gasteiger charge is -2.29. The van der Waals surface area contributed by atoms with Gasteiger partial charge in [0.2, 0.25) is 0 Å². The third kappa shape index (κ3) is 4.59. The number of nitrogens with zero attached hydrogens (tertiary/aromatic N) is 1. The Bertz CT molecular complexity index is 751. The van der Waals surface area contributed by atoms with E-state index in [9.17, 15) is 4.79 Å². The Morgan fingerprint density at radius 1 is 1.08 bits per heavy atom. The van der Waals surface area contributed by atoms with E-state index in [-0.39, 0.29) is 11.9 Å². The highest BCUT2D eigenvalue weighted by atomic mass is 35.5. The maximum Gasteiger partial charge on any atom is 0.263 e. The molecular weight excluding hydrogens is 361 g/mol. The third-order valence-electron chi connectivity index (χ3n) is 4.07. The molecule has 0 aliphatic rings. The lowest BCUT2D eigenvalue weighted by atomic mass is 10.1. The van der Waals surface area contributed by atoms with E-state index in [2.05, 4.69) is 0 Å². The van der Waals surface area contributed by atoms with Crippen LogP contribution in [0.2, 0.25) is 10.0 Å². The molecule has 2 unspecified atom stereocenters. The average Bonchev–Trinajstić information content (AvgIpc) is 2.62. The summed E-state index contributed by atoms with van der Waals surface area (Å²) in [7, 11) is 3.36. The van der Waals surface area contributed by atoms with Crippen LogP contribution in [0.5, 0.6) is 11.5 Å². The topological polar surface area (TPSA) is 38.8 Å². The maximum atomic E-state index is 12.7. The number of methoxy groups -OCH3 is 1. The van der Waals surface area contributed by atoms with Crippen molar-refractivity contribution in [2.45, 2.75) is 26.0 Å². The molecule has 0 spiro atoms. The number of halogens is 2. The van der Waals surface area contributed by atoms with Gasteiger partial charge in [0, 0.05) is 18.7 Å². The summed E-state index contributed by atoms with van der Waals surface area (Å²) in [5.74, 6) is 1.09. The molecule has 0 saturated heterocycles. The molecule has 2 rings (SSSR count). The first kappa shape index (κ1) is 19.4. The van der Waals surface area contributed by atoms with E-state index in [1.54, 1.807) is 44.2 Å². The molecule has 0 N–H and O–H groups in total. The molecule has 0 radical (unpaired) electrons. The van der Waals surface area contributed by atoms with Crippen molar-refractivity contribution in [3.8, 4) is 11.5 Å². The molecule has 134 valence electrons. The highest BCUT2D eigenvalue weighted by Gasteiger charge is 2.25. The number of ether oxygens (including phenoxy) is 2. The number of amides is 1. The molecule has 0 fully saturated rings. The number of likely N-dealkylation sites (N-methyl/N-ethyl adjacent to an activating group) is 1. The summed E-state index contributed by atoms with van der Waals surface area (Å²) in [5, 5.41) is 0.824. The Labute approximate surface area is 158 Å². The molecule has 2 aromatic rings. The monoisotopic (exact) mass is 381 g/mol. The molecule has 1 amide bonds. The first-order chi connectivity index (χ1) is 11.8. The third-order valence-corrected chi connectivity index (χ3v) is 4.81. The first-order valence-corrected chi connectivity index (χ1v) is 8.62. The smallest absolute Gasteiger partial charge is 0.263 e. The van der Waals surface area contributed by atoms with E-state index < -0.39 is 6.10 Å². The summed E-state index contributed by atoms with van der Waals surface area (Å²) in [4.78, 5) is 14.4. The van der Waals surface area contributed by atoms with E-state index in [0.717, 1.165) is 11.3 Å². The molecule has 0 bridgehead atoms. The number of hydrogen-bond acceptors (Lipinski definition) is 3. The van der Waals surface area contributed by atoms with E-state index in [4.69, 9.17) is 32.7 Å². The molecule has 2 aromatic carbocycles. The van der Waals surface area contributed by atoms with Gasteiger partial charge in [-0.25, -0.2) is 0 Å². The van der Waals surface area contributed by atoms with Crippen LogP contribution in [0.3, 0.4) is 0 Å². The van der Waals surface area contributed by atoms with Gasteiger partial charge in [-0.05, 0) is 32.0 Å². The molecule has 0 aliphatic carbocycles. The van der Waals surface area contributed by atoms with Crippen molar-refractivity contribution in [3.05, 3.63) is 58.1 Å². The van der Waals surface area contributed by atoms with Crippen molar-refractivity contribution in [1.82, 2.24) is 4.90 Å². The van der Waals surface area contributed by atoms with Gasteiger partial charge in [0.1, 0.15) is 11.5 Å². The summed E-state index contributed by atoms with van der Waals surface area (Å²) in [6.45, 7) is 3.65. The van der Waals surface area contributed by atoms with Crippen molar-refractivity contribution < 1.29 is 14.3 Å². The number of rotatable bonds is 6. The number of carbonyl (C=O) groups excluding carboxylic acids is 1. The summed E-state index contributed by atoms with van der Waals surface area (Å²) >= 11 is 11.9. The summed E-state index contributed by atoms with van der Waals surface area (Å²) in [5.41, 5.74) is 0.933. The fraction of sp³-hybridized carbons (Fsp3) is 0.316. The number of carbonyl (C=O) groups is 1. The lowest BCUT2D eigenvalue weighted by molar-refractivity contribution is -0.138. The van der Waals surface area contributed by atoms with Crippen LogP contribution in [0.15, 0.2) is 42.5 Å². The van der Waals surface area contributed by atoms with Crippen LogP contribution < -0.4 is 9.47 Å². The lowest BCUT2D eigenvalue weighted by Crippen LogP contribution is -2.39. The van der Waals surface area contributed by atoms with Crippen molar-refractivity contribution in [2.24, 2.45) is 0 Å². The number of hydrogen-bond donors (Lipinski definition) is 0. The normalized spacial score (nSPS) is 13.0. The minimum absolute atomic E-state index is 0.149. The minimum Gasteiger partial charge on any atom is -0.496 e. The van der Waals surface area contributed by atoms with Gasteiger partial charge in [-0.3, -0.25) is 4.79 Å². The van der Waals surface area contributed by atoms with Gasteiger partial charge in [0.25, 0.3) is 5.91 Å². The Hall–Kier alpha value is -1.91. The SMILES string of the molecule is COc1ccccc1C(C)N(C)C(=O)C(C)Oc1ccc(Cl)c(Cl)c1. The van der Waals surface area contributed by atoms with Gasteiger partial charge < -0.3 is 14.4 Å². The van der Waals surface area contributed by atoms with Gasteiger partial charge in [0.15, 0.2) is 6.10 Å². The Kier molecular flexibility index (Phi) is 6.57. The van der Waals surface area contributed by atoms with Crippen LogP contribution >= 0.6 is 23.2 Å². The molecule has 6 heteroatoms. The van der Waals surface area contributed by atoms with Crippen LogP contribution in [-0.2, 0) is 4.79 Å². The molecule has 0 saturated carbocycles. The molecule has 4 nitrogen and oxygen atoms in total. The van der Waals surface area contributed by atoms with Gasteiger partial charge in [0.05, 0.1) is 23.2 Å². The van der Waals surface area contributed by atoms with E-state index in [1.807, 2.05) is 31.2 Å². The predicted octanol–water partition coefficient (Wildman–Crippen LogP) is 4.99. The Morgan fingerprint density at radius 3 is 2.40 bits per heavy atom. The van der Waals surface area contributed by atoms with Gasteiger partial charge in [-0.1, -0.05) is 41.4 Å². The maximum absolute atomic E-state index is 12.7. The molecule has 0 heterocycles. The molecule has 25 heavy (non-hydrogen) atoms. The van der Waals surface area contributed by atoms with Crippen molar-refractivity contribution >= 4 is 29.1 Å². The number of para-hydroxylation sites is 1. The molecular formula is C19H21Cl2NO3. The summed E-state index contributed by atoms with van der Waals surface area (Å²) < 4.78 is 11.1. The average molecular weight is 382 g/mol. The van der Waals surface area contributed by atoms with Crippen LogP contribution in [-0.4, -0.2) is 31.1 Å². The van der Waals surface area contributed by atoms with Gasteiger partial charge >= 0.3 is 0 Å². The summed E-state index contributed by atoms with van der Waals surface area (Å²) in [6.07, 6.45) is -0.667. The summed E-state index contributed by atoms with van der Waals surface area (Å²) in [6, 6.07) is 12.4. The molecule has 0 aliphatic heterocycles. The van der Waals surface area contributed by atoms with Crippen LogP contribution in [0.25, 0.3) is 0 Å². The zero-order valence-electron chi connectivity index (χ0n) is 14.6. The van der Waals surface area contributed by atoms with Crippen LogP contribution in [0.1, 0.15) is 25.5 Å². The number of benzene rings is 2. The van der Waals surface area contributed by atoms with E-state index in [0.29, 0.717) is 15.8 Å². The molecule has 0 aromatic heterocycles. The minimum atomic E-state index is -0.667. The second-order valence-corrected chi connectivity index (χ2v) is 6.52. The Morgan fingerprint density at radius 2 is 1.76 bits per heavy atom. The predicted molar refractivity (Wildman–Crippen MR) is 101 cm³/mol. The fourth-order valence-corrected chi connectivity index (χ4v) is 2.79. The van der Waals surface area contributed by atoms with E-state index >= 15 is 0 Å². The fourth-order valence-electron chi connectivity index (χ4n) is 2.50.